The van der Waals surface area contributed by atoms with E-state index in [-0.39, 0.29) is 0 Å². The van der Waals surface area contributed by atoms with E-state index in [9.17, 15) is 0 Å². The van der Waals surface area contributed by atoms with Gasteiger partial charge in [0.1, 0.15) is 11.6 Å². The minimum absolute atomic E-state index is 0.290. The number of hydrogen-bond donors (Lipinski definition) is 2. The van der Waals surface area contributed by atoms with Gasteiger partial charge in [-0.05, 0) is 61.8 Å². The van der Waals surface area contributed by atoms with Crippen LogP contribution in [0.4, 0.5) is 11.6 Å². The molecule has 1 saturated carbocycles. The number of anilines is 2. The van der Waals surface area contributed by atoms with E-state index >= 15 is 0 Å². The molecule has 0 spiro atoms. The SMILES string of the molecule is Nc1cc(-c2nc(NC[C@H]3CCCCO3)ccc2C2CCCCC2)ccn1. The molecule has 2 aromatic rings. The van der Waals surface area contributed by atoms with Gasteiger partial charge >= 0.3 is 0 Å². The highest BCUT2D eigenvalue weighted by atomic mass is 16.5. The average Bonchev–Trinajstić information content (AvgIpc) is 2.73. The first kappa shape index (κ1) is 18.2. The monoisotopic (exact) mass is 366 g/mol. The number of ether oxygens (including phenoxy) is 1. The van der Waals surface area contributed by atoms with Gasteiger partial charge in [0, 0.05) is 24.9 Å². The maximum absolute atomic E-state index is 5.95. The molecule has 1 saturated heterocycles. The van der Waals surface area contributed by atoms with Gasteiger partial charge in [0.05, 0.1) is 11.8 Å². The van der Waals surface area contributed by atoms with Crippen molar-refractivity contribution in [3.63, 3.8) is 0 Å². The van der Waals surface area contributed by atoms with Crippen molar-refractivity contribution in [2.24, 2.45) is 0 Å². The molecule has 27 heavy (non-hydrogen) atoms. The van der Waals surface area contributed by atoms with E-state index in [0.717, 1.165) is 36.6 Å². The second-order valence-electron chi connectivity index (χ2n) is 7.81. The lowest BCUT2D eigenvalue weighted by Crippen LogP contribution is -2.27. The summed E-state index contributed by atoms with van der Waals surface area (Å²) < 4.78 is 5.83. The molecule has 0 aromatic carbocycles. The Morgan fingerprint density at radius 2 is 1.89 bits per heavy atom. The number of hydrogen-bond acceptors (Lipinski definition) is 5. The molecule has 0 radical (unpaired) electrons. The quantitative estimate of drug-likeness (QED) is 0.798. The number of nitrogens with one attached hydrogen (secondary N) is 1. The molecule has 0 amide bonds. The molecule has 4 rings (SSSR count). The van der Waals surface area contributed by atoms with Crippen molar-refractivity contribution in [2.45, 2.75) is 63.4 Å². The molecule has 5 nitrogen and oxygen atoms in total. The predicted molar refractivity (Wildman–Crippen MR) is 110 cm³/mol. The Balaban J connectivity index is 1.59. The molecule has 0 unspecified atom stereocenters. The van der Waals surface area contributed by atoms with Crippen LogP contribution in [-0.2, 0) is 4.74 Å². The van der Waals surface area contributed by atoms with Crippen molar-refractivity contribution in [2.75, 3.05) is 24.2 Å². The Bertz CT molecular complexity index is 752. The van der Waals surface area contributed by atoms with Crippen LogP contribution in [-0.4, -0.2) is 29.2 Å². The van der Waals surface area contributed by atoms with E-state index in [2.05, 4.69) is 22.4 Å². The van der Waals surface area contributed by atoms with Crippen molar-refractivity contribution in [3.8, 4) is 11.3 Å². The minimum atomic E-state index is 0.290. The van der Waals surface area contributed by atoms with Gasteiger partial charge in [-0.1, -0.05) is 25.3 Å². The minimum Gasteiger partial charge on any atom is -0.384 e. The van der Waals surface area contributed by atoms with E-state index in [0.29, 0.717) is 17.8 Å². The van der Waals surface area contributed by atoms with E-state index in [1.165, 1.54) is 50.5 Å². The lowest BCUT2D eigenvalue weighted by molar-refractivity contribution is 0.0247. The summed E-state index contributed by atoms with van der Waals surface area (Å²) in [6.07, 6.45) is 12.1. The molecule has 2 aromatic heterocycles. The molecular weight excluding hydrogens is 336 g/mol. The molecule has 2 fully saturated rings. The number of nitrogens with zero attached hydrogens (tertiary/aromatic N) is 2. The number of nitrogen functional groups attached to an aromatic ring is 1. The summed E-state index contributed by atoms with van der Waals surface area (Å²) in [7, 11) is 0. The van der Waals surface area contributed by atoms with Crippen LogP contribution in [0.15, 0.2) is 30.5 Å². The molecule has 3 N–H and O–H groups in total. The number of rotatable bonds is 5. The van der Waals surface area contributed by atoms with Gasteiger partial charge in [0.15, 0.2) is 0 Å². The van der Waals surface area contributed by atoms with Gasteiger partial charge in [0.2, 0.25) is 0 Å². The summed E-state index contributed by atoms with van der Waals surface area (Å²) in [4.78, 5) is 9.14. The fourth-order valence-electron chi connectivity index (χ4n) is 4.33. The Kier molecular flexibility index (Phi) is 5.87. The first-order valence-corrected chi connectivity index (χ1v) is 10.4. The fourth-order valence-corrected chi connectivity index (χ4v) is 4.33. The second kappa shape index (κ2) is 8.70. The lowest BCUT2D eigenvalue weighted by Gasteiger charge is -2.25. The van der Waals surface area contributed by atoms with E-state index in [4.69, 9.17) is 15.5 Å². The van der Waals surface area contributed by atoms with Crippen molar-refractivity contribution in [3.05, 3.63) is 36.0 Å². The van der Waals surface area contributed by atoms with Crippen LogP contribution in [0.3, 0.4) is 0 Å². The molecule has 0 bridgehead atoms. The maximum atomic E-state index is 5.95. The summed E-state index contributed by atoms with van der Waals surface area (Å²) in [5.74, 6) is 2.04. The summed E-state index contributed by atoms with van der Waals surface area (Å²) in [5.41, 5.74) is 9.40. The number of nitrogens with two attached hydrogens (primary N) is 1. The Labute approximate surface area is 161 Å². The fraction of sp³-hybridized carbons (Fsp3) is 0.545. The number of aromatic nitrogens is 2. The van der Waals surface area contributed by atoms with Crippen LogP contribution in [0.25, 0.3) is 11.3 Å². The van der Waals surface area contributed by atoms with Gasteiger partial charge in [-0.2, -0.15) is 0 Å². The van der Waals surface area contributed by atoms with Crippen molar-refractivity contribution in [1.82, 2.24) is 9.97 Å². The molecule has 5 heteroatoms. The molecule has 2 aliphatic rings. The Morgan fingerprint density at radius 1 is 1.04 bits per heavy atom. The van der Waals surface area contributed by atoms with Gasteiger partial charge in [-0.15, -0.1) is 0 Å². The third-order valence-corrected chi connectivity index (χ3v) is 5.81. The zero-order valence-corrected chi connectivity index (χ0v) is 16.0. The molecule has 1 aliphatic heterocycles. The molecule has 1 atom stereocenters. The third-order valence-electron chi connectivity index (χ3n) is 5.81. The molecular formula is C22H30N4O. The second-order valence-corrected chi connectivity index (χ2v) is 7.81. The zero-order valence-electron chi connectivity index (χ0n) is 16.0. The highest BCUT2D eigenvalue weighted by Crippen LogP contribution is 2.38. The van der Waals surface area contributed by atoms with Crippen molar-refractivity contribution in [1.29, 1.82) is 0 Å². The molecule has 144 valence electrons. The van der Waals surface area contributed by atoms with Gasteiger partial charge in [-0.25, -0.2) is 9.97 Å². The van der Waals surface area contributed by atoms with E-state index in [1.807, 2.05) is 12.1 Å². The molecule has 3 heterocycles. The first-order chi connectivity index (χ1) is 13.3. The van der Waals surface area contributed by atoms with E-state index < -0.39 is 0 Å². The van der Waals surface area contributed by atoms with Crippen LogP contribution in [0.1, 0.15) is 62.8 Å². The van der Waals surface area contributed by atoms with Crippen molar-refractivity contribution >= 4 is 11.6 Å². The van der Waals surface area contributed by atoms with Gasteiger partial charge in [-0.3, -0.25) is 0 Å². The van der Waals surface area contributed by atoms with Crippen LogP contribution in [0.2, 0.25) is 0 Å². The Hall–Kier alpha value is -2.14. The normalized spacial score (nSPS) is 21.1. The third kappa shape index (κ3) is 4.59. The summed E-state index contributed by atoms with van der Waals surface area (Å²) in [6.45, 7) is 1.69. The predicted octanol–water partition coefficient (Wildman–Crippen LogP) is 4.75. The highest BCUT2D eigenvalue weighted by molar-refractivity contribution is 5.68. The van der Waals surface area contributed by atoms with Crippen LogP contribution < -0.4 is 11.1 Å². The van der Waals surface area contributed by atoms with Crippen LogP contribution >= 0.6 is 0 Å². The largest absolute Gasteiger partial charge is 0.384 e. The van der Waals surface area contributed by atoms with Gasteiger partial charge < -0.3 is 15.8 Å². The topological polar surface area (TPSA) is 73.1 Å². The standard InChI is InChI=1S/C22H30N4O/c23-20-14-17(11-12-24-20)22-19(16-6-2-1-3-7-16)9-10-21(26-22)25-15-18-8-4-5-13-27-18/h9-12,14,16,18H,1-8,13,15H2,(H2,23,24)(H,25,26)/t18-/m1/s1. The van der Waals surface area contributed by atoms with Gasteiger partial charge in [0.25, 0.3) is 0 Å². The first-order valence-electron chi connectivity index (χ1n) is 10.4. The summed E-state index contributed by atoms with van der Waals surface area (Å²) in [6, 6.07) is 8.33. The van der Waals surface area contributed by atoms with Crippen LogP contribution in [0.5, 0.6) is 0 Å². The summed E-state index contributed by atoms with van der Waals surface area (Å²) >= 11 is 0. The lowest BCUT2D eigenvalue weighted by atomic mass is 9.82. The highest BCUT2D eigenvalue weighted by Gasteiger charge is 2.21. The average molecular weight is 367 g/mol. The van der Waals surface area contributed by atoms with E-state index in [1.54, 1.807) is 6.20 Å². The smallest absolute Gasteiger partial charge is 0.126 e. The maximum Gasteiger partial charge on any atom is 0.126 e. The summed E-state index contributed by atoms with van der Waals surface area (Å²) in [5, 5.41) is 3.49. The van der Waals surface area contributed by atoms with Crippen molar-refractivity contribution < 1.29 is 4.74 Å². The Morgan fingerprint density at radius 3 is 2.67 bits per heavy atom. The zero-order chi connectivity index (χ0) is 18.5. The van der Waals surface area contributed by atoms with Crippen LogP contribution in [0, 0.1) is 0 Å². The number of pyridine rings is 2. The molecule has 1 aliphatic carbocycles.